The van der Waals surface area contributed by atoms with Crippen molar-refractivity contribution in [2.75, 3.05) is 18.0 Å². The van der Waals surface area contributed by atoms with Gasteiger partial charge in [-0.15, -0.1) is 0 Å². The molecular weight excluding hydrogens is 410 g/mol. The zero-order chi connectivity index (χ0) is 22.4. The van der Waals surface area contributed by atoms with Crippen molar-refractivity contribution in [3.05, 3.63) is 64.7 Å². The van der Waals surface area contributed by atoms with Gasteiger partial charge in [-0.2, -0.15) is 0 Å². The van der Waals surface area contributed by atoms with Crippen LogP contribution in [0.2, 0.25) is 5.02 Å². The number of amides is 2. The van der Waals surface area contributed by atoms with E-state index in [1.54, 1.807) is 11.0 Å². The SMILES string of the molecule is CCCCNC(=O)CN1C(=O)C(C(C)CC)N=C(c2ccccc2)c2cc(Cl)ccc21. The molecule has 2 atom stereocenters. The van der Waals surface area contributed by atoms with Gasteiger partial charge in [0.1, 0.15) is 12.6 Å². The van der Waals surface area contributed by atoms with Crippen LogP contribution in [0, 0.1) is 5.92 Å². The van der Waals surface area contributed by atoms with Gasteiger partial charge >= 0.3 is 0 Å². The zero-order valence-electron chi connectivity index (χ0n) is 18.4. The van der Waals surface area contributed by atoms with Crippen LogP contribution in [-0.2, 0) is 9.59 Å². The number of anilines is 1. The van der Waals surface area contributed by atoms with E-state index in [1.807, 2.05) is 56.3 Å². The van der Waals surface area contributed by atoms with E-state index in [4.69, 9.17) is 16.6 Å². The van der Waals surface area contributed by atoms with Crippen molar-refractivity contribution in [3.63, 3.8) is 0 Å². The fourth-order valence-corrected chi connectivity index (χ4v) is 3.83. The third-order valence-corrected chi connectivity index (χ3v) is 5.91. The van der Waals surface area contributed by atoms with Crippen molar-refractivity contribution < 1.29 is 9.59 Å². The predicted molar refractivity (Wildman–Crippen MR) is 127 cm³/mol. The highest BCUT2D eigenvalue weighted by atomic mass is 35.5. The van der Waals surface area contributed by atoms with E-state index >= 15 is 0 Å². The van der Waals surface area contributed by atoms with Crippen molar-refractivity contribution in [3.8, 4) is 0 Å². The molecule has 0 spiro atoms. The lowest BCUT2D eigenvalue weighted by molar-refractivity contribution is -0.124. The molecule has 0 fully saturated rings. The Morgan fingerprint density at radius 2 is 1.94 bits per heavy atom. The number of benzene rings is 2. The Bertz CT molecular complexity index is 958. The Morgan fingerprint density at radius 3 is 2.61 bits per heavy atom. The largest absolute Gasteiger partial charge is 0.355 e. The minimum Gasteiger partial charge on any atom is -0.355 e. The van der Waals surface area contributed by atoms with Gasteiger partial charge in [0.05, 0.1) is 11.4 Å². The molecule has 2 aromatic carbocycles. The smallest absolute Gasteiger partial charge is 0.252 e. The number of benzodiazepines with no additional fused rings is 1. The van der Waals surface area contributed by atoms with Gasteiger partial charge < -0.3 is 10.2 Å². The number of fused-ring (bicyclic) bond motifs is 1. The van der Waals surface area contributed by atoms with Crippen LogP contribution >= 0.6 is 11.6 Å². The quantitative estimate of drug-likeness (QED) is 0.597. The van der Waals surface area contributed by atoms with Crippen LogP contribution in [0.1, 0.15) is 51.2 Å². The highest BCUT2D eigenvalue weighted by Gasteiger charge is 2.35. The van der Waals surface area contributed by atoms with Gasteiger partial charge in [0.2, 0.25) is 5.91 Å². The van der Waals surface area contributed by atoms with Gasteiger partial charge in [0.15, 0.2) is 0 Å². The van der Waals surface area contributed by atoms with Crippen molar-refractivity contribution in [2.24, 2.45) is 10.9 Å². The second kappa shape index (κ2) is 10.6. The normalized spacial score (nSPS) is 16.9. The van der Waals surface area contributed by atoms with E-state index < -0.39 is 6.04 Å². The molecule has 164 valence electrons. The lowest BCUT2D eigenvalue weighted by atomic mass is 9.98. The van der Waals surface area contributed by atoms with Gasteiger partial charge in [0.25, 0.3) is 5.91 Å². The minimum atomic E-state index is -0.574. The van der Waals surface area contributed by atoms with E-state index in [-0.39, 0.29) is 24.3 Å². The molecule has 2 aromatic rings. The lowest BCUT2D eigenvalue weighted by Crippen LogP contribution is -2.46. The monoisotopic (exact) mass is 439 g/mol. The van der Waals surface area contributed by atoms with Gasteiger partial charge in [-0.1, -0.05) is 75.5 Å². The maximum atomic E-state index is 13.6. The third-order valence-electron chi connectivity index (χ3n) is 5.68. The number of unbranched alkanes of at least 4 members (excludes halogenated alkanes) is 1. The number of nitrogens with one attached hydrogen (secondary N) is 1. The van der Waals surface area contributed by atoms with Crippen molar-refractivity contribution in [1.82, 2.24) is 5.32 Å². The summed E-state index contributed by atoms with van der Waals surface area (Å²) in [6.07, 6.45) is 2.70. The summed E-state index contributed by atoms with van der Waals surface area (Å²) in [7, 11) is 0. The maximum Gasteiger partial charge on any atom is 0.252 e. The molecule has 0 bridgehead atoms. The Hall–Kier alpha value is -2.66. The van der Waals surface area contributed by atoms with Gasteiger partial charge in [-0.3, -0.25) is 14.6 Å². The predicted octanol–water partition coefficient (Wildman–Crippen LogP) is 4.86. The zero-order valence-corrected chi connectivity index (χ0v) is 19.2. The Balaban J connectivity index is 2.10. The van der Waals surface area contributed by atoms with Crippen LogP contribution in [0.3, 0.4) is 0 Å². The fourth-order valence-electron chi connectivity index (χ4n) is 3.66. The van der Waals surface area contributed by atoms with Crippen LogP contribution in [0.5, 0.6) is 0 Å². The molecule has 1 aliphatic heterocycles. The molecule has 0 saturated heterocycles. The molecule has 1 aliphatic rings. The summed E-state index contributed by atoms with van der Waals surface area (Å²) in [5, 5.41) is 3.48. The van der Waals surface area contributed by atoms with E-state index in [0.717, 1.165) is 36.1 Å². The Labute approximate surface area is 189 Å². The molecule has 2 unspecified atom stereocenters. The standard InChI is InChI=1S/C25H30ClN3O2/c1-4-6-14-27-22(30)16-29-21-13-12-19(26)15-20(21)24(18-10-8-7-9-11-18)28-23(25(29)31)17(3)5-2/h7-13,15,17,23H,4-6,14,16H2,1-3H3,(H,27,30). The number of nitrogens with zero attached hydrogens (tertiary/aromatic N) is 2. The minimum absolute atomic E-state index is 0.0293. The molecule has 6 heteroatoms. The Morgan fingerprint density at radius 1 is 1.19 bits per heavy atom. The average molecular weight is 440 g/mol. The van der Waals surface area contributed by atoms with E-state index in [2.05, 4.69) is 12.2 Å². The van der Waals surface area contributed by atoms with E-state index in [1.165, 1.54) is 0 Å². The summed E-state index contributed by atoms with van der Waals surface area (Å²) in [6, 6.07) is 14.6. The first-order chi connectivity index (χ1) is 15.0. The highest BCUT2D eigenvalue weighted by Crippen LogP contribution is 2.32. The molecule has 5 nitrogen and oxygen atoms in total. The van der Waals surface area contributed by atoms with Crippen LogP contribution in [-0.4, -0.2) is 36.7 Å². The number of aliphatic imine (C=N–C) groups is 1. The number of hydrogen-bond donors (Lipinski definition) is 1. The van der Waals surface area contributed by atoms with Crippen LogP contribution < -0.4 is 10.2 Å². The third kappa shape index (κ3) is 5.34. The molecule has 0 saturated carbocycles. The molecule has 0 aliphatic carbocycles. The molecular formula is C25H30ClN3O2. The molecule has 1 N–H and O–H groups in total. The first kappa shape index (κ1) is 23.0. The highest BCUT2D eigenvalue weighted by molar-refractivity contribution is 6.32. The second-order valence-electron chi connectivity index (χ2n) is 7.96. The maximum absolute atomic E-state index is 13.6. The topological polar surface area (TPSA) is 61.8 Å². The number of carbonyl (C=O) groups excluding carboxylic acids is 2. The Kier molecular flexibility index (Phi) is 7.85. The van der Waals surface area contributed by atoms with Crippen LogP contribution in [0.25, 0.3) is 0 Å². The fraction of sp³-hybridized carbons (Fsp3) is 0.400. The molecule has 3 rings (SSSR count). The van der Waals surface area contributed by atoms with Gasteiger partial charge in [0, 0.05) is 22.7 Å². The summed E-state index contributed by atoms with van der Waals surface area (Å²) >= 11 is 6.35. The molecule has 1 heterocycles. The summed E-state index contributed by atoms with van der Waals surface area (Å²) in [4.78, 5) is 32.8. The van der Waals surface area contributed by atoms with E-state index in [9.17, 15) is 9.59 Å². The van der Waals surface area contributed by atoms with Gasteiger partial charge in [-0.05, 0) is 30.5 Å². The average Bonchev–Trinajstić information content (AvgIpc) is 2.89. The first-order valence-electron chi connectivity index (χ1n) is 11.0. The lowest BCUT2D eigenvalue weighted by Gasteiger charge is -2.26. The van der Waals surface area contributed by atoms with Gasteiger partial charge in [-0.25, -0.2) is 0 Å². The summed E-state index contributed by atoms with van der Waals surface area (Å²) < 4.78 is 0. The number of hydrogen-bond acceptors (Lipinski definition) is 3. The summed E-state index contributed by atoms with van der Waals surface area (Å²) in [6.45, 7) is 6.71. The van der Waals surface area contributed by atoms with Crippen molar-refractivity contribution in [2.45, 2.75) is 46.1 Å². The number of rotatable bonds is 8. The van der Waals surface area contributed by atoms with Crippen molar-refractivity contribution >= 4 is 34.8 Å². The van der Waals surface area contributed by atoms with Crippen LogP contribution in [0.15, 0.2) is 53.5 Å². The molecule has 0 aromatic heterocycles. The first-order valence-corrected chi connectivity index (χ1v) is 11.3. The molecule has 31 heavy (non-hydrogen) atoms. The number of carbonyl (C=O) groups is 2. The number of halogens is 1. The van der Waals surface area contributed by atoms with E-state index in [0.29, 0.717) is 17.3 Å². The second-order valence-corrected chi connectivity index (χ2v) is 8.40. The molecule has 0 radical (unpaired) electrons. The summed E-state index contributed by atoms with van der Waals surface area (Å²) in [5.41, 5.74) is 3.07. The molecule has 2 amide bonds. The van der Waals surface area contributed by atoms with Crippen LogP contribution in [0.4, 0.5) is 5.69 Å². The van der Waals surface area contributed by atoms with Crippen molar-refractivity contribution in [1.29, 1.82) is 0 Å². The summed E-state index contributed by atoms with van der Waals surface area (Å²) in [5.74, 6) is -0.301.